The third-order valence-corrected chi connectivity index (χ3v) is 9.17. The van der Waals surface area contributed by atoms with Gasteiger partial charge in [0.25, 0.3) is 0 Å². The van der Waals surface area contributed by atoms with E-state index in [9.17, 15) is 9.90 Å². The summed E-state index contributed by atoms with van der Waals surface area (Å²) < 4.78 is 11.2. The molecule has 0 saturated heterocycles. The molecule has 4 rings (SSSR count). The molecule has 1 aromatic heterocycles. The number of hydrogen-bond donors (Lipinski definition) is 1. The molecule has 0 radical (unpaired) electrons. The number of aliphatic hydroxyl groups excluding tert-OH is 1. The molecular formula is C28H36N2O4S. The molecule has 1 fully saturated rings. The molecule has 6 atom stereocenters. The molecule has 1 saturated carbocycles. The summed E-state index contributed by atoms with van der Waals surface area (Å²) in [4.78, 5) is 20.8. The lowest BCUT2D eigenvalue weighted by atomic mass is 9.53. The zero-order valence-electron chi connectivity index (χ0n) is 21.3. The molecule has 0 spiro atoms. The summed E-state index contributed by atoms with van der Waals surface area (Å²) in [5.41, 5.74) is 1.06. The van der Waals surface area contributed by atoms with Crippen molar-refractivity contribution in [3.05, 3.63) is 39.8 Å². The van der Waals surface area contributed by atoms with Crippen molar-refractivity contribution < 1.29 is 19.4 Å². The number of amides is 1. The highest BCUT2D eigenvalue weighted by molar-refractivity contribution is 7.11. The molecule has 1 N–H and O–H groups in total. The van der Waals surface area contributed by atoms with Gasteiger partial charge in [0, 0.05) is 23.8 Å². The molecule has 0 bridgehead atoms. The van der Waals surface area contributed by atoms with E-state index in [1.165, 1.54) is 4.88 Å². The van der Waals surface area contributed by atoms with Crippen LogP contribution in [0.4, 0.5) is 0 Å². The van der Waals surface area contributed by atoms with E-state index in [2.05, 4.69) is 19.8 Å². The minimum absolute atomic E-state index is 0.00591. The molecule has 0 aliphatic heterocycles. The van der Waals surface area contributed by atoms with Crippen LogP contribution in [0.1, 0.15) is 55.1 Å². The summed E-state index contributed by atoms with van der Waals surface area (Å²) >= 11 is 1.72. The Morgan fingerprint density at radius 3 is 2.71 bits per heavy atom. The van der Waals surface area contributed by atoms with E-state index in [1.54, 1.807) is 30.4 Å². The third kappa shape index (κ3) is 4.92. The number of aliphatic hydroxyl groups is 1. The first kappa shape index (κ1) is 25.5. The summed E-state index contributed by atoms with van der Waals surface area (Å²) in [6, 6.07) is 7.54. The van der Waals surface area contributed by atoms with E-state index in [0.717, 1.165) is 41.5 Å². The van der Waals surface area contributed by atoms with Crippen LogP contribution in [0.3, 0.4) is 0 Å². The topological polar surface area (TPSA) is 71.9 Å². The second-order valence-electron chi connectivity index (χ2n) is 10.4. The van der Waals surface area contributed by atoms with Gasteiger partial charge in [0.2, 0.25) is 5.91 Å². The highest BCUT2D eigenvalue weighted by Gasteiger charge is 2.54. The van der Waals surface area contributed by atoms with Crippen LogP contribution in [-0.2, 0) is 17.8 Å². The average molecular weight is 497 g/mol. The first-order valence-electron chi connectivity index (χ1n) is 12.3. The van der Waals surface area contributed by atoms with Gasteiger partial charge in [-0.3, -0.25) is 4.79 Å². The number of benzene rings is 1. The predicted molar refractivity (Wildman–Crippen MR) is 138 cm³/mol. The minimum Gasteiger partial charge on any atom is -0.497 e. The first-order valence-corrected chi connectivity index (χ1v) is 13.1. The van der Waals surface area contributed by atoms with E-state index >= 15 is 0 Å². The van der Waals surface area contributed by atoms with E-state index in [-0.39, 0.29) is 41.5 Å². The number of ether oxygens (including phenoxy) is 2. The Hall–Kier alpha value is -2.56. The van der Waals surface area contributed by atoms with Crippen LogP contribution in [0.15, 0.2) is 24.3 Å². The Morgan fingerprint density at radius 1 is 1.37 bits per heavy atom. The number of aromatic nitrogens is 1. The van der Waals surface area contributed by atoms with Crippen LogP contribution >= 0.6 is 11.3 Å². The minimum atomic E-state index is -0.559. The fourth-order valence-electron chi connectivity index (χ4n) is 6.22. The third-order valence-electron chi connectivity index (χ3n) is 8.12. The van der Waals surface area contributed by atoms with Gasteiger partial charge in [-0.05, 0) is 60.8 Å². The highest BCUT2D eigenvalue weighted by atomic mass is 32.1. The van der Waals surface area contributed by atoms with Crippen LogP contribution in [-0.4, -0.2) is 47.7 Å². The normalized spacial score (nSPS) is 28.3. The van der Waals surface area contributed by atoms with Crippen molar-refractivity contribution in [2.45, 2.75) is 58.7 Å². The molecule has 35 heavy (non-hydrogen) atoms. The Kier molecular flexibility index (Phi) is 7.44. The van der Waals surface area contributed by atoms with Gasteiger partial charge in [0.05, 0.1) is 25.5 Å². The Balaban J connectivity index is 1.49. The van der Waals surface area contributed by atoms with E-state index in [0.29, 0.717) is 6.61 Å². The van der Waals surface area contributed by atoms with E-state index in [4.69, 9.17) is 20.9 Å². The molecule has 0 unspecified atom stereocenters. The maximum absolute atomic E-state index is 12.9. The summed E-state index contributed by atoms with van der Waals surface area (Å²) in [5.74, 6) is 3.92. The van der Waals surface area contributed by atoms with Gasteiger partial charge in [-0.1, -0.05) is 26.7 Å². The van der Waals surface area contributed by atoms with Crippen LogP contribution in [0.2, 0.25) is 0 Å². The SMILES string of the molecule is C#CCN(C)C(=O)[C@@H](C)[C@H]1CC[C@@]2(C)Cc3sc(COc4ccc(OC)cc4)nc3[C@@H](C)[C@@H]2[C@H]1O. The number of thiazole rings is 1. The summed E-state index contributed by atoms with van der Waals surface area (Å²) in [6.07, 6.45) is 7.55. The summed E-state index contributed by atoms with van der Waals surface area (Å²) in [7, 11) is 3.38. The Morgan fingerprint density at radius 2 is 2.06 bits per heavy atom. The number of carbonyl (C=O) groups is 1. The summed E-state index contributed by atoms with van der Waals surface area (Å²) in [5, 5.41) is 12.5. The number of carbonyl (C=O) groups excluding carboxylic acids is 1. The van der Waals surface area contributed by atoms with Crippen LogP contribution in [0, 0.1) is 35.5 Å². The van der Waals surface area contributed by atoms with Crippen molar-refractivity contribution >= 4 is 17.2 Å². The van der Waals surface area contributed by atoms with Gasteiger partial charge in [-0.2, -0.15) is 0 Å². The van der Waals surface area contributed by atoms with E-state index in [1.807, 2.05) is 31.2 Å². The van der Waals surface area contributed by atoms with Crippen LogP contribution in [0.5, 0.6) is 11.5 Å². The average Bonchev–Trinajstić information content (AvgIpc) is 3.25. The second kappa shape index (κ2) is 10.2. The standard InChI is InChI=1S/C28H36N2O4S/c1-7-14-30(5)27(32)17(2)21-12-13-28(4)15-22-25(18(3)24(28)26(21)31)29-23(35-22)16-34-20-10-8-19(33-6)9-11-20/h1,8-11,17-18,21,24,26,31H,12-16H2,2-6H3/t17-,18-,21+,24+,26-,28-/m0/s1. The monoisotopic (exact) mass is 496 g/mol. The molecule has 2 aromatic rings. The predicted octanol–water partition coefficient (Wildman–Crippen LogP) is 4.51. The number of fused-ring (bicyclic) bond motifs is 2. The molecular weight excluding hydrogens is 460 g/mol. The van der Waals surface area contributed by atoms with Gasteiger partial charge < -0.3 is 19.5 Å². The maximum atomic E-state index is 12.9. The molecule has 188 valence electrons. The lowest BCUT2D eigenvalue weighted by Gasteiger charge is -2.53. The summed E-state index contributed by atoms with van der Waals surface area (Å²) in [6.45, 7) is 7.10. The second-order valence-corrected chi connectivity index (χ2v) is 11.6. The van der Waals surface area contributed by atoms with Crippen molar-refractivity contribution in [2.24, 2.45) is 23.2 Å². The lowest BCUT2D eigenvalue weighted by Crippen LogP contribution is -2.53. The highest BCUT2D eigenvalue weighted by Crippen LogP contribution is 2.57. The number of hydrogen-bond acceptors (Lipinski definition) is 6. The maximum Gasteiger partial charge on any atom is 0.226 e. The van der Waals surface area contributed by atoms with Gasteiger partial charge in [-0.25, -0.2) is 4.98 Å². The smallest absolute Gasteiger partial charge is 0.226 e. The van der Waals surface area contributed by atoms with Crippen molar-refractivity contribution in [3.8, 4) is 23.8 Å². The molecule has 2 aliphatic rings. The van der Waals surface area contributed by atoms with Crippen molar-refractivity contribution in [1.29, 1.82) is 0 Å². The molecule has 2 aliphatic carbocycles. The number of terminal acetylenes is 1. The van der Waals surface area contributed by atoms with Gasteiger partial charge >= 0.3 is 0 Å². The zero-order valence-corrected chi connectivity index (χ0v) is 22.1. The van der Waals surface area contributed by atoms with Crippen molar-refractivity contribution in [2.75, 3.05) is 20.7 Å². The largest absolute Gasteiger partial charge is 0.497 e. The number of methoxy groups -OCH3 is 1. The van der Waals surface area contributed by atoms with Crippen LogP contribution in [0.25, 0.3) is 0 Å². The van der Waals surface area contributed by atoms with Crippen molar-refractivity contribution in [1.82, 2.24) is 9.88 Å². The molecule has 1 aromatic carbocycles. The Bertz CT molecular complexity index is 1090. The molecule has 7 heteroatoms. The number of nitrogens with zero attached hydrogens (tertiary/aromatic N) is 2. The lowest BCUT2D eigenvalue weighted by molar-refractivity contribution is -0.142. The van der Waals surface area contributed by atoms with Crippen LogP contribution < -0.4 is 9.47 Å². The van der Waals surface area contributed by atoms with Gasteiger partial charge in [0.1, 0.15) is 23.1 Å². The molecule has 6 nitrogen and oxygen atoms in total. The quantitative estimate of drug-likeness (QED) is 0.571. The fraction of sp³-hybridized carbons (Fsp3) is 0.571. The molecule has 1 heterocycles. The zero-order chi connectivity index (χ0) is 25.3. The fourth-order valence-corrected chi connectivity index (χ4v) is 7.51. The molecule has 1 amide bonds. The van der Waals surface area contributed by atoms with Crippen molar-refractivity contribution in [3.63, 3.8) is 0 Å². The van der Waals surface area contributed by atoms with E-state index < -0.39 is 6.10 Å². The first-order chi connectivity index (χ1) is 16.7. The van der Waals surface area contributed by atoms with Gasteiger partial charge in [0.15, 0.2) is 0 Å². The number of rotatable bonds is 7. The Labute approximate surface area is 212 Å². The van der Waals surface area contributed by atoms with Gasteiger partial charge in [-0.15, -0.1) is 17.8 Å².